The lowest BCUT2D eigenvalue weighted by Crippen LogP contribution is -2.49. The van der Waals surface area contributed by atoms with Crippen LogP contribution in [0.2, 0.25) is 0 Å². The highest BCUT2D eigenvalue weighted by Crippen LogP contribution is 2.25. The van der Waals surface area contributed by atoms with Gasteiger partial charge in [-0.3, -0.25) is 4.79 Å². The SMILES string of the molecule is CC(C)C[C@H]1CC(O)=CC(=O)N1C(=O)OC(C)(C)C. The highest BCUT2D eigenvalue weighted by molar-refractivity contribution is 6.00. The molecule has 1 heterocycles. The van der Waals surface area contributed by atoms with E-state index in [4.69, 9.17) is 4.74 Å². The Morgan fingerprint density at radius 1 is 1.53 bits per heavy atom. The lowest BCUT2D eigenvalue weighted by atomic mass is 9.96. The van der Waals surface area contributed by atoms with Gasteiger partial charge in [-0.25, -0.2) is 9.69 Å². The lowest BCUT2D eigenvalue weighted by Gasteiger charge is -2.34. The van der Waals surface area contributed by atoms with Crippen LogP contribution in [0.4, 0.5) is 4.79 Å². The van der Waals surface area contributed by atoms with Gasteiger partial charge in [-0.05, 0) is 33.1 Å². The first-order chi connectivity index (χ1) is 8.60. The van der Waals surface area contributed by atoms with E-state index in [1.54, 1.807) is 20.8 Å². The van der Waals surface area contributed by atoms with Crippen molar-refractivity contribution in [2.75, 3.05) is 0 Å². The molecule has 0 aromatic heterocycles. The van der Waals surface area contributed by atoms with Crippen molar-refractivity contribution in [3.8, 4) is 0 Å². The molecule has 1 aliphatic rings. The first kappa shape index (κ1) is 15.5. The minimum Gasteiger partial charge on any atom is -0.512 e. The molecule has 1 N–H and O–H groups in total. The molecular formula is C14H23NO4. The van der Waals surface area contributed by atoms with Crippen LogP contribution in [0.3, 0.4) is 0 Å². The van der Waals surface area contributed by atoms with Gasteiger partial charge in [0.15, 0.2) is 0 Å². The minimum absolute atomic E-state index is 0.0236. The molecule has 108 valence electrons. The smallest absolute Gasteiger partial charge is 0.417 e. The lowest BCUT2D eigenvalue weighted by molar-refractivity contribution is -0.128. The molecule has 1 rings (SSSR count). The molecule has 0 saturated carbocycles. The number of carbonyl (C=O) groups is 2. The molecule has 1 aliphatic heterocycles. The molecule has 0 aliphatic carbocycles. The second kappa shape index (κ2) is 5.63. The quantitative estimate of drug-likeness (QED) is 0.836. The number of hydrogen-bond donors (Lipinski definition) is 1. The van der Waals surface area contributed by atoms with Crippen molar-refractivity contribution < 1.29 is 19.4 Å². The van der Waals surface area contributed by atoms with Crippen molar-refractivity contribution in [1.29, 1.82) is 0 Å². The molecular weight excluding hydrogens is 246 g/mol. The van der Waals surface area contributed by atoms with Crippen LogP contribution in [0, 0.1) is 5.92 Å². The molecule has 0 fully saturated rings. The fourth-order valence-corrected chi connectivity index (χ4v) is 2.07. The van der Waals surface area contributed by atoms with Gasteiger partial charge in [0.05, 0.1) is 11.8 Å². The molecule has 0 aromatic carbocycles. The van der Waals surface area contributed by atoms with E-state index in [9.17, 15) is 14.7 Å². The van der Waals surface area contributed by atoms with E-state index in [1.165, 1.54) is 0 Å². The fourth-order valence-electron chi connectivity index (χ4n) is 2.07. The fraction of sp³-hybridized carbons (Fsp3) is 0.714. The van der Waals surface area contributed by atoms with Crippen molar-refractivity contribution in [3.63, 3.8) is 0 Å². The Hall–Kier alpha value is -1.52. The second-order valence-electron chi connectivity index (χ2n) is 6.31. The molecule has 5 heteroatoms. The number of carbonyl (C=O) groups excluding carboxylic acids is 2. The summed E-state index contributed by atoms with van der Waals surface area (Å²) >= 11 is 0. The summed E-state index contributed by atoms with van der Waals surface area (Å²) in [6, 6.07) is -0.340. The van der Waals surface area contributed by atoms with E-state index in [-0.39, 0.29) is 11.8 Å². The third-order valence-electron chi connectivity index (χ3n) is 2.67. The summed E-state index contributed by atoms with van der Waals surface area (Å²) < 4.78 is 5.25. The number of amides is 2. The van der Waals surface area contributed by atoms with Gasteiger partial charge in [0, 0.05) is 12.5 Å². The van der Waals surface area contributed by atoms with Crippen molar-refractivity contribution >= 4 is 12.0 Å². The maximum absolute atomic E-state index is 12.1. The predicted octanol–water partition coefficient (Wildman–Crippen LogP) is 3.01. The van der Waals surface area contributed by atoms with Crippen molar-refractivity contribution in [2.45, 2.75) is 59.1 Å². The molecule has 0 unspecified atom stereocenters. The summed E-state index contributed by atoms with van der Waals surface area (Å²) in [7, 11) is 0. The van der Waals surface area contributed by atoms with Crippen LogP contribution in [0.5, 0.6) is 0 Å². The van der Waals surface area contributed by atoms with Crippen LogP contribution >= 0.6 is 0 Å². The van der Waals surface area contributed by atoms with Gasteiger partial charge >= 0.3 is 6.09 Å². The molecule has 2 amide bonds. The Morgan fingerprint density at radius 3 is 2.58 bits per heavy atom. The summed E-state index contributed by atoms with van der Waals surface area (Å²) in [5.74, 6) is -0.173. The summed E-state index contributed by atoms with van der Waals surface area (Å²) in [6.45, 7) is 9.28. The first-order valence-corrected chi connectivity index (χ1v) is 6.56. The van der Waals surface area contributed by atoms with Gasteiger partial charge in [0.2, 0.25) is 0 Å². The van der Waals surface area contributed by atoms with E-state index in [2.05, 4.69) is 0 Å². The average Bonchev–Trinajstić information content (AvgIpc) is 2.10. The third-order valence-corrected chi connectivity index (χ3v) is 2.67. The topological polar surface area (TPSA) is 66.8 Å². The van der Waals surface area contributed by atoms with Crippen molar-refractivity contribution in [1.82, 2.24) is 4.90 Å². The van der Waals surface area contributed by atoms with Crippen molar-refractivity contribution in [3.05, 3.63) is 11.8 Å². The maximum atomic E-state index is 12.1. The third kappa shape index (κ3) is 4.58. The monoisotopic (exact) mass is 269 g/mol. The number of hydrogen-bond acceptors (Lipinski definition) is 4. The summed E-state index contributed by atoms with van der Waals surface area (Å²) in [5, 5.41) is 9.56. The Bertz CT molecular complexity index is 393. The second-order valence-corrected chi connectivity index (χ2v) is 6.31. The normalized spacial score (nSPS) is 20.5. The van der Waals surface area contributed by atoms with Crippen LogP contribution in [0.25, 0.3) is 0 Å². The van der Waals surface area contributed by atoms with E-state index >= 15 is 0 Å². The zero-order chi connectivity index (χ0) is 14.8. The molecule has 5 nitrogen and oxygen atoms in total. The van der Waals surface area contributed by atoms with Crippen LogP contribution in [0.15, 0.2) is 11.8 Å². The van der Waals surface area contributed by atoms with E-state index in [0.29, 0.717) is 18.8 Å². The molecule has 0 radical (unpaired) electrons. The first-order valence-electron chi connectivity index (χ1n) is 6.56. The zero-order valence-corrected chi connectivity index (χ0v) is 12.3. The van der Waals surface area contributed by atoms with Gasteiger partial charge < -0.3 is 9.84 Å². The van der Waals surface area contributed by atoms with Gasteiger partial charge in [-0.2, -0.15) is 0 Å². The summed E-state index contributed by atoms with van der Waals surface area (Å²) in [6.07, 6.45) is 1.37. The summed E-state index contributed by atoms with van der Waals surface area (Å²) in [5.41, 5.74) is -0.650. The van der Waals surface area contributed by atoms with Crippen LogP contribution < -0.4 is 0 Å². The molecule has 0 spiro atoms. The number of nitrogens with zero attached hydrogens (tertiary/aromatic N) is 1. The summed E-state index contributed by atoms with van der Waals surface area (Å²) in [4.78, 5) is 25.1. The minimum atomic E-state index is -0.650. The number of rotatable bonds is 2. The van der Waals surface area contributed by atoms with Gasteiger partial charge in [0.1, 0.15) is 5.60 Å². The van der Waals surface area contributed by atoms with Gasteiger partial charge in [-0.1, -0.05) is 13.8 Å². The molecule has 0 bridgehead atoms. The number of aliphatic hydroxyl groups is 1. The van der Waals surface area contributed by atoms with E-state index in [0.717, 1.165) is 11.0 Å². The van der Waals surface area contributed by atoms with Crippen LogP contribution in [-0.4, -0.2) is 33.6 Å². The van der Waals surface area contributed by atoms with Gasteiger partial charge in [0.25, 0.3) is 5.91 Å². The van der Waals surface area contributed by atoms with Crippen LogP contribution in [-0.2, 0) is 9.53 Å². The maximum Gasteiger partial charge on any atom is 0.417 e. The Kier molecular flexibility index (Phi) is 4.61. The molecule has 19 heavy (non-hydrogen) atoms. The van der Waals surface area contributed by atoms with Crippen molar-refractivity contribution in [2.24, 2.45) is 5.92 Å². The molecule has 0 aromatic rings. The van der Waals surface area contributed by atoms with Crippen LogP contribution in [0.1, 0.15) is 47.5 Å². The standard InChI is InChI=1S/C14H23NO4/c1-9(2)6-10-7-11(16)8-12(17)15(10)13(18)19-14(3,4)5/h8-10,16H,6-7H2,1-5H3/t10-/m0/s1. The number of imide groups is 1. The Labute approximate surface area is 114 Å². The highest BCUT2D eigenvalue weighted by atomic mass is 16.6. The molecule has 0 saturated heterocycles. The zero-order valence-electron chi connectivity index (χ0n) is 12.3. The highest BCUT2D eigenvalue weighted by Gasteiger charge is 2.36. The largest absolute Gasteiger partial charge is 0.512 e. The van der Waals surface area contributed by atoms with E-state index in [1.807, 2.05) is 13.8 Å². The number of ether oxygens (including phenoxy) is 1. The Balaban J connectivity index is 2.92. The average molecular weight is 269 g/mol. The Morgan fingerprint density at radius 2 is 2.11 bits per heavy atom. The number of aliphatic hydroxyl groups excluding tert-OH is 1. The molecule has 1 atom stereocenters. The predicted molar refractivity (Wildman–Crippen MR) is 71.7 cm³/mol. The van der Waals surface area contributed by atoms with Gasteiger partial charge in [-0.15, -0.1) is 0 Å². The van der Waals surface area contributed by atoms with E-state index < -0.39 is 17.6 Å².